The van der Waals surface area contributed by atoms with E-state index in [1.165, 1.54) is 25.7 Å². The highest BCUT2D eigenvalue weighted by atomic mass is 15.2. The Labute approximate surface area is 113 Å². The van der Waals surface area contributed by atoms with Crippen molar-refractivity contribution in [2.24, 2.45) is 7.05 Å². The Hall–Kier alpha value is -1.85. The maximum atomic E-state index is 5.65. The Balaban J connectivity index is 0.000000297. The Morgan fingerprint density at radius 1 is 1.32 bits per heavy atom. The first-order chi connectivity index (χ1) is 9.15. The van der Waals surface area contributed by atoms with Gasteiger partial charge in [0, 0.05) is 13.1 Å². The summed E-state index contributed by atoms with van der Waals surface area (Å²) in [5.41, 5.74) is 7.21. The quantitative estimate of drug-likeness (QED) is 0.887. The first kappa shape index (κ1) is 13.6. The van der Waals surface area contributed by atoms with E-state index in [2.05, 4.69) is 34.1 Å². The molecule has 1 aliphatic rings. The van der Waals surface area contributed by atoms with Crippen LogP contribution in [0, 0.1) is 0 Å². The lowest BCUT2D eigenvalue weighted by Crippen LogP contribution is -2.07. The minimum atomic E-state index is 0.286. The van der Waals surface area contributed by atoms with Gasteiger partial charge in [0.1, 0.15) is 0 Å². The number of aryl methyl sites for hydroxylation is 1. The maximum absolute atomic E-state index is 5.65. The monoisotopic (exact) mass is 262 g/mol. The number of anilines is 2. The maximum Gasteiger partial charge on any atom is 0.224 e. The third-order valence-electron chi connectivity index (χ3n) is 3.00. The molecule has 1 fully saturated rings. The SMILES string of the molecule is CCCC.Cn1cnc2c(NC3CC3)nc(N)nc21. The van der Waals surface area contributed by atoms with E-state index in [1.54, 1.807) is 6.33 Å². The first-order valence-corrected chi connectivity index (χ1v) is 6.86. The minimum Gasteiger partial charge on any atom is -0.368 e. The molecule has 0 saturated heterocycles. The fourth-order valence-corrected chi connectivity index (χ4v) is 1.55. The third kappa shape index (κ3) is 3.33. The normalized spacial score (nSPS) is 14.1. The van der Waals surface area contributed by atoms with Crippen LogP contribution >= 0.6 is 0 Å². The number of rotatable bonds is 3. The molecule has 1 aliphatic carbocycles. The van der Waals surface area contributed by atoms with E-state index in [9.17, 15) is 0 Å². The van der Waals surface area contributed by atoms with Gasteiger partial charge in [-0.2, -0.15) is 9.97 Å². The van der Waals surface area contributed by atoms with Gasteiger partial charge in [-0.15, -0.1) is 0 Å². The predicted octanol–water partition coefficient (Wildman–Crippen LogP) is 2.33. The Morgan fingerprint density at radius 3 is 2.58 bits per heavy atom. The summed E-state index contributed by atoms with van der Waals surface area (Å²) in [4.78, 5) is 12.6. The van der Waals surface area contributed by atoms with Gasteiger partial charge in [-0.3, -0.25) is 0 Å². The summed E-state index contributed by atoms with van der Waals surface area (Å²) in [6.07, 6.45) is 6.74. The zero-order valence-electron chi connectivity index (χ0n) is 11.8. The summed E-state index contributed by atoms with van der Waals surface area (Å²) in [7, 11) is 1.89. The van der Waals surface area contributed by atoms with Crippen LogP contribution in [-0.4, -0.2) is 25.6 Å². The van der Waals surface area contributed by atoms with Gasteiger partial charge in [-0.25, -0.2) is 4.98 Å². The van der Waals surface area contributed by atoms with E-state index in [1.807, 2.05) is 11.6 Å². The lowest BCUT2D eigenvalue weighted by Gasteiger charge is -2.04. The van der Waals surface area contributed by atoms with Crippen molar-refractivity contribution < 1.29 is 0 Å². The van der Waals surface area contributed by atoms with Gasteiger partial charge in [-0.05, 0) is 12.8 Å². The van der Waals surface area contributed by atoms with Gasteiger partial charge >= 0.3 is 0 Å². The predicted molar refractivity (Wildman–Crippen MR) is 77.9 cm³/mol. The zero-order valence-corrected chi connectivity index (χ0v) is 11.8. The smallest absolute Gasteiger partial charge is 0.224 e. The number of hydrogen-bond donors (Lipinski definition) is 2. The van der Waals surface area contributed by atoms with Crippen LogP contribution in [0.4, 0.5) is 11.8 Å². The van der Waals surface area contributed by atoms with Crippen molar-refractivity contribution in [3.8, 4) is 0 Å². The highest BCUT2D eigenvalue weighted by molar-refractivity contribution is 5.84. The molecule has 0 radical (unpaired) electrons. The van der Waals surface area contributed by atoms with E-state index < -0.39 is 0 Å². The van der Waals surface area contributed by atoms with E-state index in [0.29, 0.717) is 6.04 Å². The molecule has 3 rings (SSSR count). The van der Waals surface area contributed by atoms with Crippen molar-refractivity contribution in [2.45, 2.75) is 45.6 Å². The van der Waals surface area contributed by atoms with Crippen molar-refractivity contribution in [1.29, 1.82) is 0 Å². The second kappa shape index (κ2) is 5.86. The van der Waals surface area contributed by atoms with Crippen LogP contribution in [0.5, 0.6) is 0 Å². The van der Waals surface area contributed by atoms with E-state index >= 15 is 0 Å². The second-order valence-electron chi connectivity index (χ2n) is 4.88. The van der Waals surface area contributed by atoms with Crippen LogP contribution in [-0.2, 0) is 7.05 Å². The fraction of sp³-hybridized carbons (Fsp3) is 0.615. The molecular weight excluding hydrogens is 240 g/mol. The molecule has 2 heterocycles. The molecule has 0 spiro atoms. The molecule has 6 nitrogen and oxygen atoms in total. The molecular formula is C13H22N6. The fourth-order valence-electron chi connectivity index (χ4n) is 1.55. The number of nitrogens with zero attached hydrogens (tertiary/aromatic N) is 4. The molecule has 6 heteroatoms. The largest absolute Gasteiger partial charge is 0.368 e. The van der Waals surface area contributed by atoms with Crippen LogP contribution < -0.4 is 11.1 Å². The second-order valence-corrected chi connectivity index (χ2v) is 4.88. The van der Waals surface area contributed by atoms with Gasteiger partial charge in [0.2, 0.25) is 5.95 Å². The van der Waals surface area contributed by atoms with Crippen LogP contribution in [0.2, 0.25) is 0 Å². The van der Waals surface area contributed by atoms with Crippen molar-refractivity contribution in [3.63, 3.8) is 0 Å². The molecule has 0 unspecified atom stereocenters. The Bertz CT molecular complexity index is 541. The molecule has 0 atom stereocenters. The average molecular weight is 262 g/mol. The lowest BCUT2D eigenvalue weighted by atomic mass is 10.4. The molecule has 0 amide bonds. The number of nitrogens with two attached hydrogens (primary N) is 1. The summed E-state index contributed by atoms with van der Waals surface area (Å²) < 4.78 is 1.84. The first-order valence-electron chi connectivity index (χ1n) is 6.86. The van der Waals surface area contributed by atoms with Crippen LogP contribution in [0.15, 0.2) is 6.33 Å². The molecule has 2 aromatic rings. The van der Waals surface area contributed by atoms with Gasteiger partial charge in [0.05, 0.1) is 6.33 Å². The number of fused-ring (bicyclic) bond motifs is 1. The van der Waals surface area contributed by atoms with Crippen molar-refractivity contribution in [1.82, 2.24) is 19.5 Å². The van der Waals surface area contributed by atoms with E-state index in [-0.39, 0.29) is 5.95 Å². The van der Waals surface area contributed by atoms with Crippen LogP contribution in [0.1, 0.15) is 39.5 Å². The van der Waals surface area contributed by atoms with Crippen LogP contribution in [0.3, 0.4) is 0 Å². The number of hydrogen-bond acceptors (Lipinski definition) is 5. The number of nitrogens with one attached hydrogen (secondary N) is 1. The number of imidazole rings is 1. The third-order valence-corrected chi connectivity index (χ3v) is 3.00. The van der Waals surface area contributed by atoms with E-state index in [0.717, 1.165) is 17.0 Å². The molecule has 2 aromatic heterocycles. The van der Waals surface area contributed by atoms with Gasteiger partial charge < -0.3 is 15.6 Å². The average Bonchev–Trinajstić information content (AvgIpc) is 3.14. The summed E-state index contributed by atoms with van der Waals surface area (Å²) in [6.45, 7) is 4.36. The molecule has 104 valence electrons. The molecule has 0 aliphatic heterocycles. The minimum absolute atomic E-state index is 0.286. The van der Waals surface area contributed by atoms with E-state index in [4.69, 9.17) is 5.73 Å². The van der Waals surface area contributed by atoms with Crippen LogP contribution in [0.25, 0.3) is 11.2 Å². The highest BCUT2D eigenvalue weighted by Crippen LogP contribution is 2.27. The summed E-state index contributed by atoms with van der Waals surface area (Å²) >= 11 is 0. The van der Waals surface area contributed by atoms with Gasteiger partial charge in [0.15, 0.2) is 17.0 Å². The lowest BCUT2D eigenvalue weighted by molar-refractivity contribution is 0.886. The topological polar surface area (TPSA) is 81.7 Å². The van der Waals surface area contributed by atoms with Gasteiger partial charge in [-0.1, -0.05) is 26.7 Å². The van der Waals surface area contributed by atoms with Crippen molar-refractivity contribution in [3.05, 3.63) is 6.33 Å². The number of unbranched alkanes of at least 4 members (excludes halogenated alkanes) is 1. The molecule has 0 bridgehead atoms. The highest BCUT2D eigenvalue weighted by Gasteiger charge is 2.23. The van der Waals surface area contributed by atoms with Crippen molar-refractivity contribution >= 4 is 22.9 Å². The van der Waals surface area contributed by atoms with Crippen molar-refractivity contribution in [2.75, 3.05) is 11.1 Å². The number of aromatic nitrogens is 4. The molecule has 1 saturated carbocycles. The summed E-state index contributed by atoms with van der Waals surface area (Å²) in [5, 5.41) is 3.31. The Kier molecular flexibility index (Phi) is 4.19. The zero-order chi connectivity index (χ0) is 13.8. The molecule has 3 N–H and O–H groups in total. The summed E-state index contributed by atoms with van der Waals surface area (Å²) in [5.74, 6) is 1.04. The standard InChI is InChI=1S/C9H12N6.C4H10/c1-15-4-11-6-7(12-5-2-3-5)13-9(10)14-8(6)15;1-3-4-2/h4-5H,2-3H2,1H3,(H3,10,12,13,14);3-4H2,1-2H3. The Morgan fingerprint density at radius 2 is 2.00 bits per heavy atom. The molecule has 19 heavy (non-hydrogen) atoms. The van der Waals surface area contributed by atoms with Gasteiger partial charge in [0.25, 0.3) is 0 Å². The summed E-state index contributed by atoms with van der Waals surface area (Å²) in [6, 6.07) is 0.532. The molecule has 0 aromatic carbocycles. The number of nitrogen functional groups attached to an aromatic ring is 1.